The Morgan fingerprint density at radius 2 is 1.64 bits per heavy atom. The van der Waals surface area contributed by atoms with Crippen LogP contribution in [0.15, 0.2) is 30.3 Å². The van der Waals surface area contributed by atoms with Crippen LogP contribution < -0.4 is 5.32 Å². The van der Waals surface area contributed by atoms with Gasteiger partial charge in [-0.2, -0.15) is 8.42 Å². The average molecular weight is 346 g/mol. The molecule has 1 aliphatic heterocycles. The lowest BCUT2D eigenvalue weighted by Crippen LogP contribution is -2.46. The van der Waals surface area contributed by atoms with E-state index < -0.39 is 10.4 Å². The van der Waals surface area contributed by atoms with Gasteiger partial charge in [0.15, 0.2) is 0 Å². The molecule has 1 fully saturated rings. The molecule has 2 aliphatic rings. The quantitative estimate of drug-likeness (QED) is 0.679. The van der Waals surface area contributed by atoms with Gasteiger partial charge in [0.2, 0.25) is 0 Å². The summed E-state index contributed by atoms with van der Waals surface area (Å²) in [5, 5.41) is 4.57. The van der Waals surface area contributed by atoms with E-state index >= 15 is 0 Å². The molecule has 0 atom stereocenters. The summed E-state index contributed by atoms with van der Waals surface area (Å²) in [6, 6.07) is 8.30. The topological polar surface area (TPSA) is 86.6 Å². The van der Waals surface area contributed by atoms with Crippen LogP contribution in [0.25, 0.3) is 5.57 Å². The summed E-state index contributed by atoms with van der Waals surface area (Å²) in [6.07, 6.45) is 8.81. The summed E-state index contributed by atoms with van der Waals surface area (Å²) >= 11 is 5.97. The van der Waals surface area contributed by atoms with Crippen molar-refractivity contribution in [1.29, 1.82) is 0 Å². The van der Waals surface area contributed by atoms with Crippen molar-refractivity contribution in [2.45, 2.75) is 37.6 Å². The predicted octanol–water partition coefficient (Wildman–Crippen LogP) is 3.38. The SMILES string of the molecule is Clc1ccc(C2=CCCNC23CCCC3)cc1.O=S(=O)(O)O. The molecule has 122 valence electrons. The first-order valence-electron chi connectivity index (χ1n) is 7.22. The summed E-state index contributed by atoms with van der Waals surface area (Å²) in [4.78, 5) is 0. The number of halogens is 1. The molecule has 1 saturated carbocycles. The monoisotopic (exact) mass is 345 g/mol. The van der Waals surface area contributed by atoms with Gasteiger partial charge in [0, 0.05) is 10.6 Å². The third kappa shape index (κ3) is 4.79. The number of benzene rings is 1. The van der Waals surface area contributed by atoms with Crippen molar-refractivity contribution in [3.05, 3.63) is 40.9 Å². The van der Waals surface area contributed by atoms with Crippen molar-refractivity contribution >= 4 is 27.6 Å². The Kier molecular flexibility index (Phi) is 5.63. The fourth-order valence-corrected chi connectivity index (χ4v) is 3.39. The summed E-state index contributed by atoms with van der Waals surface area (Å²) in [6.45, 7) is 1.12. The number of nitrogens with one attached hydrogen (secondary N) is 1. The molecule has 5 nitrogen and oxygen atoms in total. The molecule has 0 aromatic heterocycles. The predicted molar refractivity (Wildman–Crippen MR) is 87.4 cm³/mol. The zero-order chi connectivity index (χ0) is 16.2. The van der Waals surface area contributed by atoms with E-state index in [1.165, 1.54) is 36.8 Å². The van der Waals surface area contributed by atoms with Crippen molar-refractivity contribution in [3.8, 4) is 0 Å². The third-order valence-corrected chi connectivity index (χ3v) is 4.34. The van der Waals surface area contributed by atoms with Gasteiger partial charge in [0.1, 0.15) is 0 Å². The highest BCUT2D eigenvalue weighted by Gasteiger charge is 2.38. The van der Waals surface area contributed by atoms with Crippen molar-refractivity contribution in [2.75, 3.05) is 6.54 Å². The third-order valence-electron chi connectivity index (χ3n) is 4.08. The van der Waals surface area contributed by atoms with E-state index in [0.29, 0.717) is 0 Å². The molecule has 1 aromatic rings. The molecule has 3 N–H and O–H groups in total. The van der Waals surface area contributed by atoms with Crippen molar-refractivity contribution in [1.82, 2.24) is 5.32 Å². The second-order valence-corrected chi connectivity index (χ2v) is 6.91. The smallest absolute Gasteiger partial charge is 0.307 e. The van der Waals surface area contributed by atoms with E-state index in [-0.39, 0.29) is 5.54 Å². The van der Waals surface area contributed by atoms with E-state index in [9.17, 15) is 0 Å². The van der Waals surface area contributed by atoms with Gasteiger partial charge in [-0.1, -0.05) is 42.7 Å². The fourth-order valence-electron chi connectivity index (χ4n) is 3.27. The van der Waals surface area contributed by atoms with Gasteiger partial charge >= 0.3 is 10.4 Å². The van der Waals surface area contributed by atoms with Crippen molar-refractivity contribution < 1.29 is 17.5 Å². The Bertz CT molecular complexity index is 626. The van der Waals surface area contributed by atoms with Crippen molar-refractivity contribution in [2.24, 2.45) is 0 Å². The van der Waals surface area contributed by atoms with Crippen LogP contribution in [0.1, 0.15) is 37.7 Å². The first-order chi connectivity index (χ1) is 10.3. The van der Waals surface area contributed by atoms with E-state index in [4.69, 9.17) is 29.1 Å². The summed E-state index contributed by atoms with van der Waals surface area (Å²) in [7, 11) is -4.67. The molecule has 22 heavy (non-hydrogen) atoms. The van der Waals surface area contributed by atoms with Crippen molar-refractivity contribution in [3.63, 3.8) is 0 Å². The minimum Gasteiger partial charge on any atom is -0.307 e. The normalized spacial score (nSPS) is 20.2. The molecule has 7 heteroatoms. The highest BCUT2D eigenvalue weighted by Crippen LogP contribution is 2.42. The molecule has 0 radical (unpaired) electrons. The largest absolute Gasteiger partial charge is 0.394 e. The lowest BCUT2D eigenvalue weighted by atomic mass is 9.80. The lowest BCUT2D eigenvalue weighted by Gasteiger charge is -2.37. The lowest BCUT2D eigenvalue weighted by molar-refractivity contribution is 0.381. The Labute approximate surface area is 136 Å². The summed E-state index contributed by atoms with van der Waals surface area (Å²) in [5.41, 5.74) is 3.09. The number of hydrogen-bond acceptors (Lipinski definition) is 3. The first-order valence-corrected chi connectivity index (χ1v) is 8.99. The van der Waals surface area contributed by atoms with Gasteiger partial charge in [-0.25, -0.2) is 0 Å². The zero-order valence-corrected chi connectivity index (χ0v) is 13.7. The summed E-state index contributed by atoms with van der Waals surface area (Å²) < 4.78 is 31.6. The molecule has 1 spiro atoms. The highest BCUT2D eigenvalue weighted by atomic mass is 35.5. The Hall–Kier alpha value is -0.920. The molecule has 1 aliphatic carbocycles. The van der Waals surface area contributed by atoms with Gasteiger partial charge < -0.3 is 5.32 Å². The van der Waals surface area contributed by atoms with Gasteiger partial charge in [-0.3, -0.25) is 9.11 Å². The van der Waals surface area contributed by atoms with Crippen LogP contribution in [-0.4, -0.2) is 29.6 Å². The van der Waals surface area contributed by atoms with Gasteiger partial charge in [-0.05, 0) is 49.1 Å². The van der Waals surface area contributed by atoms with Crippen LogP contribution >= 0.6 is 11.6 Å². The second-order valence-electron chi connectivity index (χ2n) is 5.58. The molecule has 0 saturated heterocycles. The molecule has 1 heterocycles. The van der Waals surface area contributed by atoms with Crippen LogP contribution in [0.5, 0.6) is 0 Å². The number of hydrogen-bond donors (Lipinski definition) is 3. The minimum atomic E-state index is -4.67. The molecule has 3 rings (SSSR count). The average Bonchev–Trinajstić information content (AvgIpc) is 2.88. The van der Waals surface area contributed by atoms with E-state index in [1.54, 1.807) is 0 Å². The van der Waals surface area contributed by atoms with Crippen LogP contribution in [0.2, 0.25) is 5.02 Å². The second kappa shape index (κ2) is 7.10. The van der Waals surface area contributed by atoms with Crippen LogP contribution in [-0.2, 0) is 10.4 Å². The Balaban J connectivity index is 0.000000309. The maximum absolute atomic E-state index is 8.74. The summed E-state index contributed by atoms with van der Waals surface area (Å²) in [5.74, 6) is 0. The maximum atomic E-state index is 8.74. The van der Waals surface area contributed by atoms with Crippen LogP contribution in [0.4, 0.5) is 0 Å². The van der Waals surface area contributed by atoms with E-state index in [1.807, 2.05) is 12.1 Å². The van der Waals surface area contributed by atoms with Gasteiger partial charge in [0.05, 0.1) is 0 Å². The molecular formula is C15H20ClNO4S. The Morgan fingerprint density at radius 1 is 1.09 bits per heavy atom. The molecule has 0 amide bonds. The minimum absolute atomic E-state index is 0.256. The Morgan fingerprint density at radius 3 is 2.18 bits per heavy atom. The molecule has 0 unspecified atom stereocenters. The molecule has 0 bridgehead atoms. The molecule has 1 aromatic carbocycles. The molecular weight excluding hydrogens is 326 g/mol. The van der Waals surface area contributed by atoms with Crippen LogP contribution in [0, 0.1) is 0 Å². The number of rotatable bonds is 1. The van der Waals surface area contributed by atoms with Gasteiger partial charge in [0.25, 0.3) is 0 Å². The standard InChI is InChI=1S/C15H18ClN.H2O4S/c16-13-7-5-12(6-8-13)14-4-3-11-17-15(14)9-1-2-10-15;1-5(2,3)4/h4-8,17H,1-3,9-11H2;(H2,1,2,3,4). The first kappa shape index (κ1) is 17.4. The van der Waals surface area contributed by atoms with E-state index in [0.717, 1.165) is 18.0 Å². The maximum Gasteiger partial charge on any atom is 0.394 e. The van der Waals surface area contributed by atoms with Crippen LogP contribution in [0.3, 0.4) is 0 Å². The highest BCUT2D eigenvalue weighted by molar-refractivity contribution is 7.79. The van der Waals surface area contributed by atoms with E-state index in [2.05, 4.69) is 23.5 Å². The zero-order valence-electron chi connectivity index (χ0n) is 12.1. The van der Waals surface area contributed by atoms with Gasteiger partial charge in [-0.15, -0.1) is 0 Å². The fraction of sp³-hybridized carbons (Fsp3) is 0.467.